The molecule has 28 heavy (non-hydrogen) atoms. The Bertz CT molecular complexity index is 815. The number of aromatic nitrogens is 2. The number of ketones is 1. The van der Waals surface area contributed by atoms with Crippen molar-refractivity contribution in [3.8, 4) is 5.75 Å². The van der Waals surface area contributed by atoms with E-state index in [9.17, 15) is 9.59 Å². The molecule has 8 heteroatoms. The summed E-state index contributed by atoms with van der Waals surface area (Å²) in [5, 5.41) is 11.3. The summed E-state index contributed by atoms with van der Waals surface area (Å²) in [6.07, 6.45) is 1.43. The molecule has 0 saturated heterocycles. The monoisotopic (exact) mass is 421 g/mol. The van der Waals surface area contributed by atoms with Gasteiger partial charge in [-0.3, -0.25) is 9.59 Å². The summed E-state index contributed by atoms with van der Waals surface area (Å²) in [4.78, 5) is 24.5. The van der Waals surface area contributed by atoms with E-state index in [-0.39, 0.29) is 22.9 Å². The Labute approximate surface area is 174 Å². The molecule has 2 rings (SSSR count). The number of benzene rings is 1. The maximum Gasteiger partial charge on any atom is 0.226 e. The van der Waals surface area contributed by atoms with Crippen molar-refractivity contribution in [2.24, 2.45) is 11.3 Å². The molecule has 0 spiro atoms. The third-order valence-electron chi connectivity index (χ3n) is 3.87. The van der Waals surface area contributed by atoms with E-state index in [0.29, 0.717) is 33.1 Å². The molecule has 152 valence electrons. The van der Waals surface area contributed by atoms with E-state index in [1.807, 2.05) is 0 Å². The zero-order valence-corrected chi connectivity index (χ0v) is 18.6. The molecule has 1 aromatic heterocycles. The van der Waals surface area contributed by atoms with E-state index < -0.39 is 0 Å². The number of methoxy groups -OCH3 is 1. The Hall–Kier alpha value is -1.93. The number of hydrogen-bond donors (Lipinski definition) is 1. The van der Waals surface area contributed by atoms with E-state index in [4.69, 9.17) is 4.74 Å². The van der Waals surface area contributed by atoms with Crippen LogP contribution in [-0.4, -0.2) is 34.8 Å². The second-order valence-corrected chi connectivity index (χ2v) is 10.1. The van der Waals surface area contributed by atoms with Crippen LogP contribution in [0.25, 0.3) is 0 Å². The largest absolute Gasteiger partial charge is 0.497 e. The van der Waals surface area contributed by atoms with Gasteiger partial charge in [0.25, 0.3) is 0 Å². The zero-order chi connectivity index (χ0) is 20.7. The van der Waals surface area contributed by atoms with Crippen LogP contribution in [0.4, 0.5) is 5.13 Å². The van der Waals surface area contributed by atoms with Gasteiger partial charge in [-0.25, -0.2) is 0 Å². The molecule has 1 aromatic carbocycles. The van der Waals surface area contributed by atoms with Gasteiger partial charge in [0.2, 0.25) is 11.0 Å². The molecule has 6 nitrogen and oxygen atoms in total. The summed E-state index contributed by atoms with van der Waals surface area (Å²) in [7, 11) is 1.57. The SMILES string of the molecule is COc1cccc(C(=O)CSc2nnc(NC(=O)CC(C)CC(C)(C)C)s2)c1. The van der Waals surface area contributed by atoms with E-state index >= 15 is 0 Å². The van der Waals surface area contributed by atoms with Gasteiger partial charge in [-0.15, -0.1) is 10.2 Å². The molecule has 0 radical (unpaired) electrons. The minimum atomic E-state index is -0.0584. The third-order valence-corrected chi connectivity index (χ3v) is 5.84. The first-order chi connectivity index (χ1) is 13.2. The van der Waals surface area contributed by atoms with Gasteiger partial charge in [-0.1, -0.05) is 62.9 Å². The van der Waals surface area contributed by atoms with Crippen molar-refractivity contribution in [1.29, 1.82) is 0 Å². The van der Waals surface area contributed by atoms with Crippen LogP contribution in [0.2, 0.25) is 0 Å². The molecule has 1 amide bonds. The van der Waals surface area contributed by atoms with E-state index in [1.54, 1.807) is 31.4 Å². The van der Waals surface area contributed by atoms with Gasteiger partial charge in [0.1, 0.15) is 5.75 Å². The van der Waals surface area contributed by atoms with Crippen molar-refractivity contribution in [2.45, 2.75) is 44.9 Å². The highest BCUT2D eigenvalue weighted by atomic mass is 32.2. The number of rotatable bonds is 9. The summed E-state index contributed by atoms with van der Waals surface area (Å²) >= 11 is 2.59. The highest BCUT2D eigenvalue weighted by Crippen LogP contribution is 2.28. The molecule has 2 aromatic rings. The number of carbonyl (C=O) groups excluding carboxylic acids is 2. The Morgan fingerprint density at radius 2 is 2.04 bits per heavy atom. The Kier molecular flexibility index (Phi) is 8.00. The van der Waals surface area contributed by atoms with Crippen molar-refractivity contribution in [2.75, 3.05) is 18.2 Å². The first-order valence-corrected chi connectivity index (χ1v) is 10.9. The van der Waals surface area contributed by atoms with Gasteiger partial charge in [-0.2, -0.15) is 0 Å². The Morgan fingerprint density at radius 1 is 1.29 bits per heavy atom. The molecule has 0 saturated carbocycles. The first-order valence-electron chi connectivity index (χ1n) is 9.09. The summed E-state index contributed by atoms with van der Waals surface area (Å²) in [6, 6.07) is 7.06. The van der Waals surface area contributed by atoms with Crippen LogP contribution in [0, 0.1) is 11.3 Å². The van der Waals surface area contributed by atoms with Gasteiger partial charge in [0, 0.05) is 12.0 Å². The highest BCUT2D eigenvalue weighted by Gasteiger charge is 2.19. The van der Waals surface area contributed by atoms with Crippen LogP contribution in [0.15, 0.2) is 28.6 Å². The van der Waals surface area contributed by atoms with Crippen LogP contribution in [0.5, 0.6) is 5.75 Å². The number of hydrogen-bond acceptors (Lipinski definition) is 7. The van der Waals surface area contributed by atoms with Gasteiger partial charge in [0.15, 0.2) is 10.1 Å². The van der Waals surface area contributed by atoms with Gasteiger partial charge < -0.3 is 10.1 Å². The van der Waals surface area contributed by atoms with Gasteiger partial charge in [-0.05, 0) is 29.9 Å². The molecule has 0 aliphatic heterocycles. The minimum Gasteiger partial charge on any atom is -0.497 e. The molecular formula is C20H27N3O3S2. The van der Waals surface area contributed by atoms with Crippen LogP contribution < -0.4 is 10.1 Å². The number of nitrogens with one attached hydrogen (secondary N) is 1. The molecule has 0 aliphatic carbocycles. The van der Waals surface area contributed by atoms with Crippen molar-refractivity contribution >= 4 is 39.9 Å². The molecule has 1 N–H and O–H groups in total. The standard InChI is InChI=1S/C20H27N3O3S2/c1-13(11-20(2,3)4)9-17(25)21-18-22-23-19(28-18)27-12-16(24)14-7-6-8-15(10-14)26-5/h6-8,10,13H,9,11-12H2,1-5H3,(H,21,22,25). The Balaban J connectivity index is 1.83. The lowest BCUT2D eigenvalue weighted by atomic mass is 9.84. The summed E-state index contributed by atoms with van der Waals surface area (Å²) in [5.41, 5.74) is 0.791. The molecule has 0 aliphatic rings. The normalized spacial score (nSPS) is 12.5. The fourth-order valence-corrected chi connectivity index (χ4v) is 4.59. The number of Topliss-reactive ketones (excluding diaryl/α,β-unsaturated/α-hetero) is 1. The number of carbonyl (C=O) groups is 2. The van der Waals surface area contributed by atoms with Crippen molar-refractivity contribution in [3.63, 3.8) is 0 Å². The molecule has 1 heterocycles. The number of nitrogens with zero attached hydrogens (tertiary/aromatic N) is 2. The van der Waals surface area contributed by atoms with E-state index in [2.05, 4.69) is 43.2 Å². The smallest absolute Gasteiger partial charge is 0.226 e. The molecular weight excluding hydrogens is 394 g/mol. The van der Waals surface area contributed by atoms with Crippen LogP contribution in [-0.2, 0) is 4.79 Å². The maximum atomic E-state index is 12.3. The van der Waals surface area contributed by atoms with Crippen molar-refractivity contribution in [1.82, 2.24) is 10.2 Å². The van der Waals surface area contributed by atoms with Crippen molar-refractivity contribution < 1.29 is 14.3 Å². The second kappa shape index (κ2) is 10.0. The number of ether oxygens (including phenoxy) is 1. The lowest BCUT2D eigenvalue weighted by Gasteiger charge is -2.22. The molecule has 0 bridgehead atoms. The zero-order valence-electron chi connectivity index (χ0n) is 16.9. The average Bonchev–Trinajstić information content (AvgIpc) is 3.05. The number of anilines is 1. The Morgan fingerprint density at radius 3 is 2.71 bits per heavy atom. The molecule has 1 atom stereocenters. The fourth-order valence-electron chi connectivity index (χ4n) is 2.93. The quantitative estimate of drug-likeness (QED) is 0.351. The third kappa shape index (κ3) is 7.59. The maximum absolute atomic E-state index is 12.3. The van der Waals surface area contributed by atoms with Crippen LogP contribution in [0.1, 0.15) is 50.9 Å². The summed E-state index contributed by atoms with van der Waals surface area (Å²) in [6.45, 7) is 8.59. The van der Waals surface area contributed by atoms with Crippen LogP contribution in [0.3, 0.4) is 0 Å². The number of amides is 1. The second-order valence-electron chi connectivity index (χ2n) is 7.94. The predicted octanol–water partition coefficient (Wildman–Crippen LogP) is 4.92. The van der Waals surface area contributed by atoms with E-state index in [0.717, 1.165) is 6.42 Å². The highest BCUT2D eigenvalue weighted by molar-refractivity contribution is 8.01. The summed E-state index contributed by atoms with van der Waals surface area (Å²) < 4.78 is 5.79. The van der Waals surface area contributed by atoms with E-state index in [1.165, 1.54) is 23.1 Å². The van der Waals surface area contributed by atoms with Crippen LogP contribution >= 0.6 is 23.1 Å². The number of thioether (sulfide) groups is 1. The van der Waals surface area contributed by atoms with Gasteiger partial charge in [0.05, 0.1) is 12.9 Å². The average molecular weight is 422 g/mol. The molecule has 1 unspecified atom stereocenters. The lowest BCUT2D eigenvalue weighted by Crippen LogP contribution is -2.18. The lowest BCUT2D eigenvalue weighted by molar-refractivity contribution is -0.117. The fraction of sp³-hybridized carbons (Fsp3) is 0.500. The first kappa shape index (κ1) is 22.4. The molecule has 0 fully saturated rings. The summed E-state index contributed by atoms with van der Waals surface area (Å²) in [5.74, 6) is 1.12. The predicted molar refractivity (Wildman–Crippen MR) is 114 cm³/mol. The minimum absolute atomic E-state index is 0.0132. The van der Waals surface area contributed by atoms with Crippen molar-refractivity contribution in [3.05, 3.63) is 29.8 Å². The van der Waals surface area contributed by atoms with Gasteiger partial charge >= 0.3 is 0 Å². The topological polar surface area (TPSA) is 81.2 Å².